The van der Waals surface area contributed by atoms with Gasteiger partial charge in [-0.1, -0.05) is 20.3 Å². The maximum atomic E-state index is 5.64. The van der Waals surface area contributed by atoms with Gasteiger partial charge in [0, 0.05) is 18.9 Å². The second kappa shape index (κ2) is 4.14. The monoisotopic (exact) mass is 167 g/mol. The molecule has 1 rings (SSSR count). The zero-order valence-electron chi connectivity index (χ0n) is 7.83. The van der Waals surface area contributed by atoms with Crippen molar-refractivity contribution in [3.05, 3.63) is 12.4 Å². The number of nitrogens with zero attached hydrogens (tertiary/aromatic N) is 2. The van der Waals surface area contributed by atoms with Crippen LogP contribution in [0.4, 0.5) is 5.95 Å². The van der Waals surface area contributed by atoms with Crippen molar-refractivity contribution in [2.75, 3.05) is 5.73 Å². The summed E-state index contributed by atoms with van der Waals surface area (Å²) in [6, 6.07) is 0. The molecule has 0 saturated carbocycles. The van der Waals surface area contributed by atoms with Crippen LogP contribution >= 0.6 is 0 Å². The molecule has 1 aromatic rings. The molecule has 0 fully saturated rings. The molecule has 3 nitrogen and oxygen atoms in total. The number of anilines is 1. The van der Waals surface area contributed by atoms with E-state index in [-0.39, 0.29) is 0 Å². The molecule has 12 heavy (non-hydrogen) atoms. The summed E-state index contributed by atoms with van der Waals surface area (Å²) < 4.78 is 2.00. The van der Waals surface area contributed by atoms with E-state index in [2.05, 4.69) is 18.8 Å². The van der Waals surface area contributed by atoms with Crippen molar-refractivity contribution in [1.82, 2.24) is 9.55 Å². The Labute approximate surface area is 73.6 Å². The number of rotatable bonds is 4. The summed E-state index contributed by atoms with van der Waals surface area (Å²) in [7, 11) is 0. The highest BCUT2D eigenvalue weighted by molar-refractivity contribution is 5.16. The third kappa shape index (κ3) is 2.26. The molecule has 3 heteroatoms. The first kappa shape index (κ1) is 9.10. The van der Waals surface area contributed by atoms with Crippen molar-refractivity contribution < 1.29 is 0 Å². The standard InChI is InChI=1S/C9H17N3/c1-3-4-8(2)7-12-6-5-11-9(12)10/h5-6,8H,3-4,7H2,1-2H3,(H2,10,11). The molecule has 1 atom stereocenters. The van der Waals surface area contributed by atoms with Gasteiger partial charge in [-0.2, -0.15) is 0 Å². The van der Waals surface area contributed by atoms with Crippen LogP contribution in [-0.4, -0.2) is 9.55 Å². The topological polar surface area (TPSA) is 43.8 Å². The fraction of sp³-hybridized carbons (Fsp3) is 0.667. The maximum absolute atomic E-state index is 5.64. The summed E-state index contributed by atoms with van der Waals surface area (Å²) in [5.41, 5.74) is 5.64. The van der Waals surface area contributed by atoms with Gasteiger partial charge >= 0.3 is 0 Å². The van der Waals surface area contributed by atoms with Crippen LogP contribution in [0.25, 0.3) is 0 Å². The van der Waals surface area contributed by atoms with Crippen molar-refractivity contribution in [2.45, 2.75) is 33.2 Å². The van der Waals surface area contributed by atoms with E-state index in [4.69, 9.17) is 5.73 Å². The first-order chi connectivity index (χ1) is 5.74. The molecule has 0 spiro atoms. The summed E-state index contributed by atoms with van der Waals surface area (Å²) in [4.78, 5) is 3.97. The van der Waals surface area contributed by atoms with Crippen LogP contribution < -0.4 is 5.73 Å². The van der Waals surface area contributed by atoms with Crippen molar-refractivity contribution in [2.24, 2.45) is 5.92 Å². The highest BCUT2D eigenvalue weighted by Gasteiger charge is 2.03. The minimum atomic E-state index is 0.623. The molecule has 0 amide bonds. The van der Waals surface area contributed by atoms with Gasteiger partial charge < -0.3 is 10.3 Å². The van der Waals surface area contributed by atoms with E-state index in [1.54, 1.807) is 6.20 Å². The van der Waals surface area contributed by atoms with Crippen molar-refractivity contribution in [3.63, 3.8) is 0 Å². The predicted molar refractivity (Wildman–Crippen MR) is 50.7 cm³/mol. The molecule has 0 aromatic carbocycles. The molecule has 1 heterocycles. The van der Waals surface area contributed by atoms with Gasteiger partial charge in [0.25, 0.3) is 0 Å². The Hall–Kier alpha value is -0.990. The summed E-state index contributed by atoms with van der Waals surface area (Å²) in [6.07, 6.45) is 6.16. The molecule has 0 aliphatic rings. The third-order valence-electron chi connectivity index (χ3n) is 2.04. The van der Waals surface area contributed by atoms with Gasteiger partial charge in [-0.15, -0.1) is 0 Å². The molecule has 0 saturated heterocycles. The van der Waals surface area contributed by atoms with E-state index >= 15 is 0 Å². The molecule has 1 unspecified atom stereocenters. The van der Waals surface area contributed by atoms with Crippen LogP contribution in [0.15, 0.2) is 12.4 Å². The lowest BCUT2D eigenvalue weighted by Gasteiger charge is -2.11. The van der Waals surface area contributed by atoms with Crippen molar-refractivity contribution in [3.8, 4) is 0 Å². The van der Waals surface area contributed by atoms with Gasteiger partial charge in [-0.3, -0.25) is 0 Å². The average molecular weight is 167 g/mol. The largest absolute Gasteiger partial charge is 0.369 e. The fourth-order valence-electron chi connectivity index (χ4n) is 1.41. The zero-order valence-corrected chi connectivity index (χ0v) is 7.83. The van der Waals surface area contributed by atoms with Crippen LogP contribution in [0.2, 0.25) is 0 Å². The van der Waals surface area contributed by atoms with Crippen LogP contribution in [0.3, 0.4) is 0 Å². The van der Waals surface area contributed by atoms with Gasteiger partial charge in [-0.25, -0.2) is 4.98 Å². The zero-order chi connectivity index (χ0) is 8.97. The highest BCUT2D eigenvalue weighted by atomic mass is 15.1. The first-order valence-corrected chi connectivity index (χ1v) is 4.50. The van der Waals surface area contributed by atoms with Gasteiger partial charge in [0.15, 0.2) is 5.95 Å². The van der Waals surface area contributed by atoms with E-state index in [0.29, 0.717) is 11.9 Å². The molecular weight excluding hydrogens is 150 g/mol. The van der Waals surface area contributed by atoms with E-state index < -0.39 is 0 Å². The first-order valence-electron chi connectivity index (χ1n) is 4.50. The minimum absolute atomic E-state index is 0.623. The lowest BCUT2D eigenvalue weighted by atomic mass is 10.1. The molecule has 1 aromatic heterocycles. The molecule has 0 aliphatic carbocycles. The lowest BCUT2D eigenvalue weighted by molar-refractivity contribution is 0.449. The second-order valence-electron chi connectivity index (χ2n) is 3.33. The predicted octanol–water partition coefficient (Wildman–Crippen LogP) is 1.90. The molecule has 0 bridgehead atoms. The van der Waals surface area contributed by atoms with Gasteiger partial charge in [0.05, 0.1) is 0 Å². The Morgan fingerprint density at radius 3 is 2.92 bits per heavy atom. The van der Waals surface area contributed by atoms with E-state index in [1.165, 1.54) is 12.8 Å². The van der Waals surface area contributed by atoms with Crippen molar-refractivity contribution >= 4 is 5.95 Å². The number of imidazole rings is 1. The smallest absolute Gasteiger partial charge is 0.200 e. The minimum Gasteiger partial charge on any atom is -0.369 e. The third-order valence-corrected chi connectivity index (χ3v) is 2.04. The van der Waals surface area contributed by atoms with Crippen LogP contribution in [-0.2, 0) is 6.54 Å². The Balaban J connectivity index is 2.46. The number of nitrogen functional groups attached to an aromatic ring is 1. The molecule has 68 valence electrons. The maximum Gasteiger partial charge on any atom is 0.200 e. The molecular formula is C9H17N3. The summed E-state index contributed by atoms with van der Waals surface area (Å²) >= 11 is 0. The highest BCUT2D eigenvalue weighted by Crippen LogP contribution is 2.10. The van der Waals surface area contributed by atoms with Crippen molar-refractivity contribution in [1.29, 1.82) is 0 Å². The summed E-state index contributed by atoms with van der Waals surface area (Å²) in [5.74, 6) is 1.31. The number of hydrogen-bond acceptors (Lipinski definition) is 2. The Bertz CT molecular complexity index is 229. The second-order valence-corrected chi connectivity index (χ2v) is 3.33. The summed E-state index contributed by atoms with van der Waals surface area (Å²) in [5, 5.41) is 0. The van der Waals surface area contributed by atoms with E-state index in [9.17, 15) is 0 Å². The number of nitrogens with two attached hydrogens (primary N) is 1. The average Bonchev–Trinajstić information content (AvgIpc) is 2.37. The van der Waals surface area contributed by atoms with Crippen LogP contribution in [0.5, 0.6) is 0 Å². The molecule has 0 radical (unpaired) electrons. The van der Waals surface area contributed by atoms with E-state index in [1.807, 2.05) is 10.8 Å². The lowest BCUT2D eigenvalue weighted by Crippen LogP contribution is -2.09. The van der Waals surface area contributed by atoms with Gasteiger partial charge in [0.1, 0.15) is 0 Å². The fourth-order valence-corrected chi connectivity index (χ4v) is 1.41. The Kier molecular flexibility index (Phi) is 3.14. The Morgan fingerprint density at radius 2 is 2.42 bits per heavy atom. The summed E-state index contributed by atoms with van der Waals surface area (Å²) in [6.45, 7) is 5.43. The number of aromatic nitrogens is 2. The quantitative estimate of drug-likeness (QED) is 0.744. The molecule has 2 N–H and O–H groups in total. The van der Waals surface area contributed by atoms with Gasteiger partial charge in [0.2, 0.25) is 0 Å². The van der Waals surface area contributed by atoms with E-state index in [0.717, 1.165) is 6.54 Å². The SMILES string of the molecule is CCCC(C)Cn1ccnc1N. The van der Waals surface area contributed by atoms with Gasteiger partial charge in [-0.05, 0) is 12.3 Å². The Morgan fingerprint density at radius 1 is 1.67 bits per heavy atom. The van der Waals surface area contributed by atoms with Crippen LogP contribution in [0, 0.1) is 5.92 Å². The normalized spacial score (nSPS) is 13.2. The van der Waals surface area contributed by atoms with Crippen LogP contribution in [0.1, 0.15) is 26.7 Å². The number of hydrogen-bond donors (Lipinski definition) is 1. The molecule has 0 aliphatic heterocycles.